The van der Waals surface area contributed by atoms with Crippen LogP contribution in [0.25, 0.3) is 0 Å². The van der Waals surface area contributed by atoms with Gasteiger partial charge in [-0.3, -0.25) is 9.59 Å². The van der Waals surface area contributed by atoms with Gasteiger partial charge in [-0.1, -0.05) is 142 Å². The summed E-state index contributed by atoms with van der Waals surface area (Å²) in [6, 6.07) is 0. The molecule has 0 aliphatic heterocycles. The number of hydrogen-bond acceptors (Lipinski definition) is 2. The maximum atomic E-state index is 11.9. The summed E-state index contributed by atoms with van der Waals surface area (Å²) in [5.41, 5.74) is -1.58. The van der Waals surface area contributed by atoms with E-state index < -0.39 is 17.4 Å². The monoisotopic (exact) mass is 480 g/mol. The Balaban J connectivity index is 0. The molecule has 0 bridgehead atoms. The Hall–Kier alpha value is 0.576. The van der Waals surface area contributed by atoms with Crippen LogP contribution in [0, 0.1) is 5.41 Å². The van der Waals surface area contributed by atoms with Crippen molar-refractivity contribution >= 4 is 63.3 Å². The van der Waals surface area contributed by atoms with E-state index in [9.17, 15) is 19.8 Å². The van der Waals surface area contributed by atoms with Crippen LogP contribution in [-0.4, -0.2) is 73.5 Å². The van der Waals surface area contributed by atoms with E-state index >= 15 is 0 Å². The second-order valence-electron chi connectivity index (χ2n) is 9.56. The van der Waals surface area contributed by atoms with Crippen molar-refractivity contribution in [3.8, 4) is 0 Å². The molecule has 0 fully saturated rings. The molecule has 0 atom stereocenters. The Bertz CT molecular complexity index is 399. The average Bonchev–Trinajstić information content (AvgIpc) is 2.74. The first-order chi connectivity index (χ1) is 15.0. The maximum absolute atomic E-state index is 11.9. The quantitative estimate of drug-likeness (QED) is 0.0831. The summed E-state index contributed by atoms with van der Waals surface area (Å²) in [6.45, 7) is 4.45. The van der Waals surface area contributed by atoms with Crippen molar-refractivity contribution in [1.82, 2.24) is 0 Å². The summed E-state index contributed by atoms with van der Waals surface area (Å²) in [4.78, 5) is 23.7. The molecule has 0 radical (unpaired) electrons. The van der Waals surface area contributed by atoms with Crippen LogP contribution >= 0.6 is 0 Å². The van der Waals surface area contributed by atoms with Gasteiger partial charge in [-0.15, -0.1) is 0 Å². The summed E-state index contributed by atoms with van der Waals surface area (Å²) in [6.07, 6.45) is 23.9. The first-order valence-electron chi connectivity index (χ1n) is 13.5. The summed E-state index contributed by atoms with van der Waals surface area (Å²) < 4.78 is 0. The Labute approximate surface area is 241 Å². The molecule has 0 unspecified atom stereocenters. The zero-order valence-corrected chi connectivity index (χ0v) is 20.8. The fourth-order valence-corrected chi connectivity index (χ4v) is 4.47. The molecular weight excluding hydrogens is 427 g/mol. The van der Waals surface area contributed by atoms with E-state index in [1.165, 1.54) is 89.9 Å². The third kappa shape index (κ3) is 18.0. The number of carboxylic acid groups (broad SMARTS) is 2. The first-order valence-corrected chi connectivity index (χ1v) is 13.5. The van der Waals surface area contributed by atoms with Gasteiger partial charge in [0.25, 0.3) is 0 Å². The molecule has 0 heterocycles. The molecule has 4 nitrogen and oxygen atoms in total. The van der Waals surface area contributed by atoms with Gasteiger partial charge in [0.05, 0.1) is 0 Å². The molecule has 0 aromatic carbocycles. The number of rotatable bonds is 24. The van der Waals surface area contributed by atoms with Crippen molar-refractivity contribution in [2.24, 2.45) is 5.41 Å². The molecule has 0 spiro atoms. The van der Waals surface area contributed by atoms with E-state index in [0.29, 0.717) is 12.8 Å². The molecule has 186 valence electrons. The summed E-state index contributed by atoms with van der Waals surface area (Å²) in [5.74, 6) is -2.29. The van der Waals surface area contributed by atoms with Gasteiger partial charge in [0.2, 0.25) is 0 Å². The van der Waals surface area contributed by atoms with Crippen molar-refractivity contribution < 1.29 is 19.8 Å². The van der Waals surface area contributed by atoms with E-state index in [1.807, 2.05) is 0 Å². The predicted molar refractivity (Wildman–Crippen MR) is 138 cm³/mol. The van der Waals surface area contributed by atoms with E-state index in [4.69, 9.17) is 0 Å². The van der Waals surface area contributed by atoms with Crippen LogP contribution in [0.5, 0.6) is 0 Å². The Morgan fingerprint density at radius 3 is 0.906 bits per heavy atom. The van der Waals surface area contributed by atoms with Crippen molar-refractivity contribution in [2.45, 2.75) is 155 Å². The second kappa shape index (κ2) is 24.7. The van der Waals surface area contributed by atoms with E-state index in [1.54, 1.807) is 0 Å². The van der Waals surface area contributed by atoms with Crippen LogP contribution in [0.1, 0.15) is 155 Å². The first kappa shape index (κ1) is 34.7. The van der Waals surface area contributed by atoms with Gasteiger partial charge in [0.15, 0.2) is 5.41 Å². The van der Waals surface area contributed by atoms with Gasteiger partial charge < -0.3 is 10.2 Å². The molecule has 0 rings (SSSR count). The molecule has 0 aliphatic rings. The fourth-order valence-electron chi connectivity index (χ4n) is 4.47. The molecule has 2 N–H and O–H groups in total. The average molecular weight is 481 g/mol. The second-order valence-corrected chi connectivity index (χ2v) is 9.56. The zero-order valence-electron chi connectivity index (χ0n) is 20.8. The summed E-state index contributed by atoms with van der Waals surface area (Å²) in [5, 5.41) is 19.4. The molecule has 0 saturated heterocycles. The van der Waals surface area contributed by atoms with E-state index in [0.717, 1.165) is 25.7 Å². The van der Waals surface area contributed by atoms with Crippen LogP contribution in [-0.2, 0) is 9.59 Å². The Morgan fingerprint density at radius 1 is 0.469 bits per heavy atom. The van der Waals surface area contributed by atoms with Crippen molar-refractivity contribution in [3.63, 3.8) is 0 Å². The molecular formula is C27H53KO4. The number of unbranched alkanes of at least 4 members (excludes halogenated alkanes) is 18. The normalized spacial score (nSPS) is 11.3. The van der Waals surface area contributed by atoms with Gasteiger partial charge >= 0.3 is 63.3 Å². The summed E-state index contributed by atoms with van der Waals surface area (Å²) >= 11 is 0. The van der Waals surface area contributed by atoms with Crippen molar-refractivity contribution in [2.75, 3.05) is 0 Å². The Kier molecular flexibility index (Phi) is 26.8. The Morgan fingerprint density at radius 2 is 0.688 bits per heavy atom. The van der Waals surface area contributed by atoms with Crippen LogP contribution < -0.4 is 0 Å². The van der Waals surface area contributed by atoms with Crippen LogP contribution in [0.4, 0.5) is 0 Å². The molecule has 0 aromatic heterocycles. The standard InChI is InChI=1S/C27H52O4.K.H/c1-3-5-7-9-11-13-15-17-19-21-23-27(25(28)29,26(30)31)24-22-20-18-16-14-12-10-8-6-4-2;;/h3-24H2,1-2H3,(H,28,29)(H,30,31);;. The molecule has 5 heteroatoms. The number of carbonyl (C=O) groups is 2. The van der Waals surface area contributed by atoms with E-state index in [-0.39, 0.29) is 64.2 Å². The van der Waals surface area contributed by atoms with Crippen molar-refractivity contribution in [1.29, 1.82) is 0 Å². The molecule has 0 aromatic rings. The van der Waals surface area contributed by atoms with E-state index in [2.05, 4.69) is 13.8 Å². The van der Waals surface area contributed by atoms with Gasteiger partial charge in [-0.05, 0) is 12.8 Å². The van der Waals surface area contributed by atoms with Crippen molar-refractivity contribution in [3.05, 3.63) is 0 Å². The molecule has 32 heavy (non-hydrogen) atoms. The predicted octanol–water partition coefficient (Wildman–Crippen LogP) is 8.12. The number of carboxylic acids is 2. The molecule has 0 aliphatic carbocycles. The minimum atomic E-state index is -1.58. The minimum absolute atomic E-state index is 0. The molecule has 0 saturated carbocycles. The van der Waals surface area contributed by atoms with Gasteiger partial charge in [-0.25, -0.2) is 0 Å². The van der Waals surface area contributed by atoms with Crippen LogP contribution in [0.3, 0.4) is 0 Å². The van der Waals surface area contributed by atoms with Crippen LogP contribution in [0.15, 0.2) is 0 Å². The third-order valence-electron chi connectivity index (χ3n) is 6.73. The SMILES string of the molecule is CCCCCCCCCCCCC(CCCCCCCCCCCC)(C(=O)O)C(=O)O.[KH]. The number of hydrogen-bond donors (Lipinski definition) is 2. The third-order valence-corrected chi connectivity index (χ3v) is 6.73. The zero-order chi connectivity index (χ0) is 23.2. The summed E-state index contributed by atoms with van der Waals surface area (Å²) in [7, 11) is 0. The molecule has 0 amide bonds. The van der Waals surface area contributed by atoms with Gasteiger partial charge in [-0.2, -0.15) is 0 Å². The topological polar surface area (TPSA) is 74.6 Å². The van der Waals surface area contributed by atoms with Gasteiger partial charge in [0, 0.05) is 0 Å². The van der Waals surface area contributed by atoms with Crippen LogP contribution in [0.2, 0.25) is 0 Å². The fraction of sp³-hybridized carbons (Fsp3) is 0.926. The van der Waals surface area contributed by atoms with Gasteiger partial charge in [0.1, 0.15) is 0 Å². The number of aliphatic carboxylic acids is 2.